The van der Waals surface area contributed by atoms with Crippen molar-refractivity contribution in [1.29, 1.82) is 0 Å². The van der Waals surface area contributed by atoms with E-state index in [0.717, 1.165) is 26.9 Å². The maximum absolute atomic E-state index is 13.0. The molecule has 5 rings (SSSR count). The van der Waals surface area contributed by atoms with Gasteiger partial charge in [0.2, 0.25) is 15.9 Å². The summed E-state index contributed by atoms with van der Waals surface area (Å²) in [4.78, 5) is 44.2. The molecule has 0 bridgehead atoms. The number of hydrogen-bond acceptors (Lipinski definition) is 8. The number of rotatable bonds is 8. The average Bonchev–Trinajstić information content (AvgIpc) is 3.55. The molecule has 0 radical (unpaired) electrons. The van der Waals surface area contributed by atoms with Crippen molar-refractivity contribution in [3.63, 3.8) is 0 Å². The molecule has 1 atom stereocenters. The molecule has 0 aliphatic carbocycles. The summed E-state index contributed by atoms with van der Waals surface area (Å²) in [6, 6.07) is 15.8. The fraction of sp³-hybridized carbons (Fsp3) is 0.241. The number of nitrogens with one attached hydrogen (secondary N) is 1. The Kier molecular flexibility index (Phi) is 7.78. The summed E-state index contributed by atoms with van der Waals surface area (Å²) >= 11 is 1.27. The highest BCUT2D eigenvalue weighted by Crippen LogP contribution is 2.30. The molecule has 0 saturated carbocycles. The quantitative estimate of drug-likeness (QED) is 0.300. The van der Waals surface area contributed by atoms with Crippen LogP contribution >= 0.6 is 11.3 Å². The van der Waals surface area contributed by atoms with Crippen LogP contribution in [-0.4, -0.2) is 65.5 Å². The Morgan fingerprint density at radius 2 is 1.76 bits per heavy atom. The molecule has 41 heavy (non-hydrogen) atoms. The van der Waals surface area contributed by atoms with Gasteiger partial charge >= 0.3 is 5.97 Å². The molecule has 1 aliphatic heterocycles. The Bertz CT molecular complexity index is 1760. The van der Waals surface area contributed by atoms with Gasteiger partial charge in [0.15, 0.2) is 5.13 Å². The lowest BCUT2D eigenvalue weighted by atomic mass is 10.0. The average molecular weight is 593 g/mol. The van der Waals surface area contributed by atoms with Crippen molar-refractivity contribution < 1.29 is 27.5 Å². The summed E-state index contributed by atoms with van der Waals surface area (Å²) in [5, 5.41) is 5.05. The van der Waals surface area contributed by atoms with Crippen LogP contribution in [-0.2, 0) is 19.6 Å². The zero-order valence-electron chi connectivity index (χ0n) is 22.7. The summed E-state index contributed by atoms with van der Waals surface area (Å²) in [7, 11) is -3.54. The number of benzene rings is 2. The first-order chi connectivity index (χ1) is 19.5. The monoisotopic (exact) mass is 592 g/mol. The molecule has 212 valence electrons. The number of aryl methyl sites for hydroxylation is 1. The molecule has 3 heterocycles. The molecule has 1 fully saturated rings. The van der Waals surface area contributed by atoms with Gasteiger partial charge in [-0.25, -0.2) is 22.2 Å². The lowest BCUT2D eigenvalue weighted by Gasteiger charge is -2.39. The van der Waals surface area contributed by atoms with Crippen LogP contribution in [0.25, 0.3) is 22.4 Å². The largest absolute Gasteiger partial charge is 0.462 e. The van der Waals surface area contributed by atoms with Crippen molar-refractivity contribution in [2.24, 2.45) is 0 Å². The molecule has 4 aromatic rings. The van der Waals surface area contributed by atoms with Crippen molar-refractivity contribution in [2.45, 2.75) is 26.3 Å². The Morgan fingerprint density at radius 3 is 2.41 bits per heavy atom. The Labute approximate surface area is 241 Å². The van der Waals surface area contributed by atoms with Crippen LogP contribution in [0.5, 0.6) is 0 Å². The van der Waals surface area contributed by atoms with Crippen LogP contribution in [0.2, 0.25) is 0 Å². The van der Waals surface area contributed by atoms with Crippen LogP contribution in [0, 0.1) is 6.92 Å². The van der Waals surface area contributed by atoms with E-state index in [9.17, 15) is 22.8 Å². The summed E-state index contributed by atoms with van der Waals surface area (Å²) in [5.74, 6) is -1.13. The van der Waals surface area contributed by atoms with Gasteiger partial charge in [-0.2, -0.15) is 0 Å². The number of likely N-dealkylation sites (tertiary alicyclic amines) is 1. The maximum atomic E-state index is 13.0. The van der Waals surface area contributed by atoms with Crippen LogP contribution in [0.3, 0.4) is 0 Å². The molecule has 1 N–H and O–H groups in total. The highest BCUT2D eigenvalue weighted by Gasteiger charge is 2.38. The SMILES string of the molecule is CCOC(=O)c1cccc(-c2cccc(-c3csc(NC(=O)[C@@H]4CCN4C(=O)c4cc(C)n(S(C)(=O)=O)c4)n3)c2)c1. The topological polar surface area (TPSA) is 128 Å². The first-order valence-electron chi connectivity index (χ1n) is 12.9. The first kappa shape index (κ1) is 28.2. The highest BCUT2D eigenvalue weighted by atomic mass is 32.2. The minimum atomic E-state index is -3.54. The molecule has 0 unspecified atom stereocenters. The fourth-order valence-corrected chi connectivity index (χ4v) is 6.25. The van der Waals surface area contributed by atoms with E-state index in [0.29, 0.717) is 41.7 Å². The van der Waals surface area contributed by atoms with E-state index in [4.69, 9.17) is 4.74 Å². The maximum Gasteiger partial charge on any atom is 0.338 e. The molecule has 2 aromatic heterocycles. The molecule has 1 aliphatic rings. The molecule has 2 aromatic carbocycles. The van der Waals surface area contributed by atoms with Crippen molar-refractivity contribution in [1.82, 2.24) is 13.9 Å². The van der Waals surface area contributed by atoms with E-state index in [-0.39, 0.29) is 17.4 Å². The summed E-state index contributed by atoms with van der Waals surface area (Å²) in [5.41, 5.74) is 4.38. The smallest absolute Gasteiger partial charge is 0.338 e. The van der Waals surface area contributed by atoms with E-state index < -0.39 is 22.0 Å². The molecule has 1 saturated heterocycles. The second-order valence-electron chi connectivity index (χ2n) is 9.64. The summed E-state index contributed by atoms with van der Waals surface area (Å²) < 4.78 is 30.0. The van der Waals surface area contributed by atoms with Crippen molar-refractivity contribution in [3.05, 3.63) is 83.0 Å². The van der Waals surface area contributed by atoms with Gasteiger partial charge in [0.05, 0.1) is 29.7 Å². The van der Waals surface area contributed by atoms with Gasteiger partial charge in [0.1, 0.15) is 6.04 Å². The molecule has 0 spiro atoms. The van der Waals surface area contributed by atoms with Gasteiger partial charge in [-0.15, -0.1) is 11.3 Å². The van der Waals surface area contributed by atoms with Gasteiger partial charge in [-0.05, 0) is 55.7 Å². The Balaban J connectivity index is 1.27. The van der Waals surface area contributed by atoms with Gasteiger partial charge < -0.3 is 15.0 Å². The minimum absolute atomic E-state index is 0.217. The third-order valence-electron chi connectivity index (χ3n) is 6.76. The number of esters is 1. The number of aromatic nitrogens is 2. The van der Waals surface area contributed by atoms with E-state index in [2.05, 4.69) is 10.3 Å². The third-order valence-corrected chi connectivity index (χ3v) is 8.62. The molecular formula is C29H28N4O6S2. The second-order valence-corrected chi connectivity index (χ2v) is 12.4. The highest BCUT2D eigenvalue weighted by molar-refractivity contribution is 7.89. The standard InChI is InChI=1S/C29H28N4O6S2/c1-4-39-28(36)22-10-6-8-20(15-22)19-7-5-9-21(14-19)24-17-40-29(30-24)31-26(34)25-11-12-32(25)27(35)23-13-18(2)33(16-23)41(3,37)38/h5-10,13-17,25H,4,11-12H2,1-3H3,(H,30,31,34)/t25-/m0/s1. The fourth-order valence-electron chi connectivity index (χ4n) is 4.65. The number of amides is 2. The van der Waals surface area contributed by atoms with Crippen molar-refractivity contribution >= 4 is 44.3 Å². The van der Waals surface area contributed by atoms with Crippen molar-refractivity contribution in [3.8, 4) is 22.4 Å². The zero-order chi connectivity index (χ0) is 29.3. The Hall–Kier alpha value is -4.29. The van der Waals surface area contributed by atoms with Crippen LogP contribution in [0.4, 0.5) is 5.13 Å². The number of hydrogen-bond donors (Lipinski definition) is 1. The van der Waals surface area contributed by atoms with E-state index in [1.54, 1.807) is 26.0 Å². The number of ether oxygens (including phenoxy) is 1. The third kappa shape index (κ3) is 5.93. The van der Waals surface area contributed by atoms with E-state index in [1.165, 1.54) is 28.5 Å². The van der Waals surface area contributed by atoms with Gasteiger partial charge in [0, 0.05) is 29.4 Å². The second kappa shape index (κ2) is 11.3. The predicted octanol–water partition coefficient (Wildman–Crippen LogP) is 4.42. The molecular weight excluding hydrogens is 564 g/mol. The first-order valence-corrected chi connectivity index (χ1v) is 15.6. The zero-order valence-corrected chi connectivity index (χ0v) is 24.3. The normalized spacial score (nSPS) is 14.8. The minimum Gasteiger partial charge on any atom is -0.462 e. The van der Waals surface area contributed by atoms with E-state index >= 15 is 0 Å². The summed E-state index contributed by atoms with van der Waals surface area (Å²) in [6.45, 7) is 4.07. The lowest BCUT2D eigenvalue weighted by molar-refractivity contribution is -0.123. The summed E-state index contributed by atoms with van der Waals surface area (Å²) in [6.07, 6.45) is 2.85. The van der Waals surface area contributed by atoms with Crippen LogP contribution < -0.4 is 5.32 Å². The van der Waals surface area contributed by atoms with E-state index in [1.807, 2.05) is 41.8 Å². The van der Waals surface area contributed by atoms with Gasteiger partial charge in [-0.1, -0.05) is 30.3 Å². The molecule has 12 heteroatoms. The number of nitrogens with zero attached hydrogens (tertiary/aromatic N) is 3. The van der Waals surface area contributed by atoms with Crippen molar-refractivity contribution in [2.75, 3.05) is 24.7 Å². The number of carbonyl (C=O) groups is 3. The number of thiazole rings is 1. The Morgan fingerprint density at radius 1 is 1.05 bits per heavy atom. The van der Waals surface area contributed by atoms with Crippen LogP contribution in [0.15, 0.2) is 66.2 Å². The van der Waals surface area contributed by atoms with Gasteiger partial charge in [0.25, 0.3) is 5.91 Å². The molecule has 10 nitrogen and oxygen atoms in total. The number of carbonyl (C=O) groups excluding carboxylic acids is 3. The predicted molar refractivity (Wildman–Crippen MR) is 156 cm³/mol. The van der Waals surface area contributed by atoms with Crippen LogP contribution in [0.1, 0.15) is 39.8 Å². The lowest BCUT2D eigenvalue weighted by Crippen LogP contribution is -2.56. The molecule has 2 amide bonds. The van der Waals surface area contributed by atoms with Gasteiger partial charge in [-0.3, -0.25) is 9.59 Å². The number of anilines is 1.